The Morgan fingerprint density at radius 3 is 2.26 bits per heavy atom. The maximum Gasteiger partial charge on any atom is 0.337 e. The Morgan fingerprint density at radius 2 is 1.89 bits per heavy atom. The fourth-order valence-electron chi connectivity index (χ4n) is 1.71. The fourth-order valence-corrected chi connectivity index (χ4v) is 1.71. The number of hydrogen-bond donors (Lipinski definition) is 3. The molecule has 0 aliphatic carbocycles. The molecule has 0 rings (SSSR count). The summed E-state index contributed by atoms with van der Waals surface area (Å²) in [5.74, 6) is -1.36. The van der Waals surface area contributed by atoms with Gasteiger partial charge in [-0.2, -0.15) is 0 Å². The van der Waals surface area contributed by atoms with Crippen LogP contribution in [0.4, 0.5) is 4.79 Å². The van der Waals surface area contributed by atoms with Crippen LogP contribution < -0.4 is 5.32 Å². The van der Waals surface area contributed by atoms with Gasteiger partial charge in [-0.05, 0) is 34.9 Å². The largest absolute Gasteiger partial charge is 0.479 e. The van der Waals surface area contributed by atoms with Crippen LogP contribution in [0.3, 0.4) is 0 Å². The zero-order chi connectivity index (χ0) is 15.2. The normalized spacial score (nSPS) is 15.7. The molecule has 0 aliphatic rings. The van der Waals surface area contributed by atoms with E-state index in [9.17, 15) is 14.7 Å². The summed E-state index contributed by atoms with van der Waals surface area (Å²) in [6, 6.07) is -0.381. The highest BCUT2D eigenvalue weighted by Gasteiger charge is 2.31. The molecule has 0 saturated heterocycles. The van der Waals surface area contributed by atoms with Gasteiger partial charge in [0.15, 0.2) is 5.60 Å². The quantitative estimate of drug-likeness (QED) is 0.598. The predicted octanol–water partition coefficient (Wildman–Crippen LogP) is -0.196. The molecule has 2 atom stereocenters. The molecule has 0 aliphatic heterocycles. The molecule has 0 aromatic rings. The number of nitrogens with zero attached hydrogens (tertiary/aromatic N) is 2. The second-order valence-corrected chi connectivity index (χ2v) is 5.13. The van der Waals surface area contributed by atoms with E-state index in [0.29, 0.717) is 13.1 Å². The highest BCUT2D eigenvalue weighted by Crippen LogP contribution is 2.04. The van der Waals surface area contributed by atoms with E-state index in [2.05, 4.69) is 5.32 Å². The van der Waals surface area contributed by atoms with Gasteiger partial charge < -0.3 is 25.3 Å². The van der Waals surface area contributed by atoms with E-state index in [1.165, 1.54) is 0 Å². The van der Waals surface area contributed by atoms with Crippen LogP contribution in [0.5, 0.6) is 0 Å². The molecule has 0 heterocycles. The number of carboxylic acid groups (broad SMARTS) is 1. The third-order valence-corrected chi connectivity index (χ3v) is 2.81. The molecule has 0 spiro atoms. The van der Waals surface area contributed by atoms with Crippen molar-refractivity contribution in [3.8, 4) is 0 Å². The van der Waals surface area contributed by atoms with Crippen molar-refractivity contribution in [1.82, 2.24) is 15.1 Å². The van der Waals surface area contributed by atoms with Crippen LogP contribution in [-0.2, 0) is 4.79 Å². The van der Waals surface area contributed by atoms with Crippen LogP contribution >= 0.6 is 0 Å². The molecule has 0 aromatic heterocycles. The number of aliphatic hydroxyl groups is 1. The molecule has 0 fully saturated rings. The Morgan fingerprint density at radius 1 is 1.37 bits per heavy atom. The number of nitrogens with one attached hydrogen (secondary N) is 1. The molecule has 2 amide bonds. The third-order valence-electron chi connectivity index (χ3n) is 2.81. The van der Waals surface area contributed by atoms with E-state index >= 15 is 0 Å². The number of amides is 2. The number of carbonyl (C=O) groups is 2. The zero-order valence-electron chi connectivity index (χ0n) is 12.3. The van der Waals surface area contributed by atoms with Gasteiger partial charge in [0, 0.05) is 19.1 Å². The van der Waals surface area contributed by atoms with Gasteiger partial charge in [-0.15, -0.1) is 0 Å². The van der Waals surface area contributed by atoms with Gasteiger partial charge in [-0.1, -0.05) is 0 Å². The lowest BCUT2D eigenvalue weighted by Crippen LogP contribution is -2.53. The Kier molecular flexibility index (Phi) is 6.78. The van der Waals surface area contributed by atoms with Crippen LogP contribution in [0.1, 0.15) is 20.8 Å². The third kappa shape index (κ3) is 5.89. The smallest absolute Gasteiger partial charge is 0.337 e. The Bertz CT molecular complexity index is 318. The first-order chi connectivity index (χ1) is 8.61. The molecule has 7 heteroatoms. The van der Waals surface area contributed by atoms with Gasteiger partial charge >= 0.3 is 12.0 Å². The average molecular weight is 275 g/mol. The van der Waals surface area contributed by atoms with Crippen LogP contribution in [0.25, 0.3) is 0 Å². The minimum atomic E-state index is -1.96. The van der Waals surface area contributed by atoms with E-state index in [1.807, 2.05) is 32.8 Å². The number of urea groups is 1. The maximum atomic E-state index is 12.0. The lowest BCUT2D eigenvalue weighted by Gasteiger charge is -2.31. The van der Waals surface area contributed by atoms with Gasteiger partial charge in [0.05, 0.1) is 6.54 Å². The first-order valence-corrected chi connectivity index (χ1v) is 6.26. The molecule has 0 aromatic carbocycles. The number of rotatable bonds is 7. The van der Waals surface area contributed by atoms with E-state index in [4.69, 9.17) is 5.11 Å². The van der Waals surface area contributed by atoms with Crippen molar-refractivity contribution in [3.63, 3.8) is 0 Å². The molecule has 0 radical (unpaired) electrons. The fraction of sp³-hybridized carbons (Fsp3) is 0.833. The van der Waals surface area contributed by atoms with Crippen molar-refractivity contribution < 1.29 is 19.8 Å². The summed E-state index contributed by atoms with van der Waals surface area (Å²) in [6.45, 7) is 5.80. The minimum Gasteiger partial charge on any atom is -0.479 e. The SMILES string of the molecule is CCN(C(=O)NCC(C)(O)C(=O)O)C(C)CN(C)C. The zero-order valence-corrected chi connectivity index (χ0v) is 12.3. The summed E-state index contributed by atoms with van der Waals surface area (Å²) < 4.78 is 0. The van der Waals surface area contributed by atoms with Gasteiger partial charge in [-0.25, -0.2) is 9.59 Å². The summed E-state index contributed by atoms with van der Waals surface area (Å²) >= 11 is 0. The summed E-state index contributed by atoms with van der Waals surface area (Å²) in [4.78, 5) is 26.3. The maximum absolute atomic E-state index is 12.0. The lowest BCUT2D eigenvalue weighted by atomic mass is 10.1. The lowest BCUT2D eigenvalue weighted by molar-refractivity contribution is -0.155. The molecule has 7 nitrogen and oxygen atoms in total. The van der Waals surface area contributed by atoms with Gasteiger partial charge in [0.25, 0.3) is 0 Å². The number of carboxylic acids is 1. The van der Waals surface area contributed by atoms with Crippen LogP contribution in [0.2, 0.25) is 0 Å². The number of hydrogen-bond acceptors (Lipinski definition) is 4. The van der Waals surface area contributed by atoms with E-state index in [-0.39, 0.29) is 18.6 Å². The molecule has 0 saturated carbocycles. The summed E-state index contributed by atoms with van der Waals surface area (Å²) in [5, 5.41) is 20.7. The van der Waals surface area contributed by atoms with Crippen molar-refractivity contribution in [3.05, 3.63) is 0 Å². The van der Waals surface area contributed by atoms with E-state index in [1.54, 1.807) is 4.90 Å². The van der Waals surface area contributed by atoms with Crippen molar-refractivity contribution in [2.75, 3.05) is 33.7 Å². The first kappa shape index (κ1) is 17.7. The van der Waals surface area contributed by atoms with Gasteiger partial charge in [-0.3, -0.25) is 0 Å². The minimum absolute atomic E-state index is 0.00484. The summed E-state index contributed by atoms with van der Waals surface area (Å²) in [7, 11) is 3.83. The molecular weight excluding hydrogens is 250 g/mol. The number of aliphatic carboxylic acids is 1. The van der Waals surface area contributed by atoms with Crippen LogP contribution in [-0.4, -0.2) is 77.4 Å². The van der Waals surface area contributed by atoms with Gasteiger partial charge in [0.1, 0.15) is 0 Å². The first-order valence-electron chi connectivity index (χ1n) is 6.26. The second-order valence-electron chi connectivity index (χ2n) is 5.13. The van der Waals surface area contributed by atoms with Crippen molar-refractivity contribution >= 4 is 12.0 Å². The predicted molar refractivity (Wildman–Crippen MR) is 72.1 cm³/mol. The summed E-state index contributed by atoms with van der Waals surface area (Å²) in [5.41, 5.74) is -1.96. The second kappa shape index (κ2) is 7.30. The summed E-state index contributed by atoms with van der Waals surface area (Å²) in [6.07, 6.45) is 0. The Balaban J connectivity index is 4.49. The highest BCUT2D eigenvalue weighted by atomic mass is 16.4. The monoisotopic (exact) mass is 275 g/mol. The molecule has 19 heavy (non-hydrogen) atoms. The average Bonchev–Trinajstić information content (AvgIpc) is 2.26. The standard InChI is InChI=1S/C12H25N3O4/c1-6-15(9(2)7-14(4)5)11(18)13-8-12(3,19)10(16)17/h9,19H,6-8H2,1-5H3,(H,13,18)(H,16,17). The van der Waals surface area contributed by atoms with Crippen molar-refractivity contribution in [1.29, 1.82) is 0 Å². The molecule has 2 unspecified atom stereocenters. The van der Waals surface area contributed by atoms with E-state index < -0.39 is 11.6 Å². The van der Waals surface area contributed by atoms with Crippen LogP contribution in [0.15, 0.2) is 0 Å². The Hall–Kier alpha value is -1.34. The molecule has 3 N–H and O–H groups in total. The molecular formula is C12H25N3O4. The molecule has 0 bridgehead atoms. The number of carbonyl (C=O) groups excluding carboxylic acids is 1. The number of likely N-dealkylation sites (N-methyl/N-ethyl adjacent to an activating group) is 2. The van der Waals surface area contributed by atoms with Crippen molar-refractivity contribution in [2.24, 2.45) is 0 Å². The Labute approximate surface area is 114 Å². The van der Waals surface area contributed by atoms with Crippen LogP contribution in [0, 0.1) is 0 Å². The van der Waals surface area contributed by atoms with E-state index in [0.717, 1.165) is 6.92 Å². The van der Waals surface area contributed by atoms with Gasteiger partial charge in [0.2, 0.25) is 0 Å². The van der Waals surface area contributed by atoms with Crippen molar-refractivity contribution in [2.45, 2.75) is 32.4 Å². The topological polar surface area (TPSA) is 93.1 Å². The molecule has 112 valence electrons. The highest BCUT2D eigenvalue weighted by molar-refractivity contribution is 5.79.